The zero-order chi connectivity index (χ0) is 10.0. The summed E-state index contributed by atoms with van der Waals surface area (Å²) in [6.45, 7) is 1.42. The average molecular weight is 188 g/mol. The molecule has 0 aliphatic rings. The highest BCUT2D eigenvalue weighted by Crippen LogP contribution is 2.16. The second kappa shape index (κ2) is 3.76. The Morgan fingerprint density at radius 1 is 1.46 bits per heavy atom. The maximum absolute atomic E-state index is 12.9. The third-order valence-corrected chi connectivity index (χ3v) is 1.72. The molecule has 0 saturated carbocycles. The Hall–Kier alpha value is -1.07. The standard InChI is InChI=1S/C8H10F2N2O/c1-4(13)7(11)5-2-3-6(9)12-8(5)10/h2-4,7,13H,11H2,1H3/t4-,7-/m0/s1. The maximum Gasteiger partial charge on any atom is 0.220 e. The fourth-order valence-electron chi connectivity index (χ4n) is 0.931. The van der Waals surface area contributed by atoms with Gasteiger partial charge in [0, 0.05) is 5.56 Å². The van der Waals surface area contributed by atoms with Crippen molar-refractivity contribution in [1.82, 2.24) is 4.98 Å². The SMILES string of the molecule is C[C@H](O)[C@H](N)c1ccc(F)nc1F. The normalized spacial score (nSPS) is 15.5. The van der Waals surface area contributed by atoms with Gasteiger partial charge >= 0.3 is 0 Å². The van der Waals surface area contributed by atoms with Gasteiger partial charge in [-0.2, -0.15) is 13.8 Å². The van der Waals surface area contributed by atoms with Gasteiger partial charge in [-0.05, 0) is 19.1 Å². The van der Waals surface area contributed by atoms with Crippen LogP contribution in [0.2, 0.25) is 0 Å². The minimum atomic E-state index is -0.978. The molecule has 72 valence electrons. The van der Waals surface area contributed by atoms with Crippen LogP contribution in [0, 0.1) is 11.9 Å². The summed E-state index contributed by atoms with van der Waals surface area (Å²) < 4.78 is 25.3. The highest BCUT2D eigenvalue weighted by Gasteiger charge is 2.17. The van der Waals surface area contributed by atoms with E-state index in [1.54, 1.807) is 0 Å². The van der Waals surface area contributed by atoms with Gasteiger partial charge in [-0.25, -0.2) is 0 Å². The second-order valence-corrected chi connectivity index (χ2v) is 2.78. The number of hydrogen-bond acceptors (Lipinski definition) is 3. The molecule has 0 radical (unpaired) electrons. The van der Waals surface area contributed by atoms with E-state index in [4.69, 9.17) is 10.8 Å². The molecule has 0 fully saturated rings. The lowest BCUT2D eigenvalue weighted by molar-refractivity contribution is 0.162. The Kier molecular flexibility index (Phi) is 2.90. The van der Waals surface area contributed by atoms with Crippen molar-refractivity contribution < 1.29 is 13.9 Å². The summed E-state index contributed by atoms with van der Waals surface area (Å²) in [5.74, 6) is -1.88. The van der Waals surface area contributed by atoms with Crippen LogP contribution in [-0.4, -0.2) is 16.2 Å². The van der Waals surface area contributed by atoms with Crippen LogP contribution in [-0.2, 0) is 0 Å². The molecule has 0 unspecified atom stereocenters. The van der Waals surface area contributed by atoms with E-state index in [0.717, 1.165) is 6.07 Å². The lowest BCUT2D eigenvalue weighted by Gasteiger charge is -2.14. The van der Waals surface area contributed by atoms with Crippen molar-refractivity contribution in [2.24, 2.45) is 5.73 Å². The summed E-state index contributed by atoms with van der Waals surface area (Å²) in [7, 11) is 0. The molecule has 0 aromatic carbocycles. The summed E-state index contributed by atoms with van der Waals surface area (Å²) in [6.07, 6.45) is -0.901. The largest absolute Gasteiger partial charge is 0.391 e. The summed E-state index contributed by atoms with van der Waals surface area (Å²) in [6, 6.07) is 1.29. The smallest absolute Gasteiger partial charge is 0.220 e. The van der Waals surface area contributed by atoms with Crippen molar-refractivity contribution >= 4 is 0 Å². The molecule has 0 bridgehead atoms. The van der Waals surface area contributed by atoms with E-state index in [9.17, 15) is 8.78 Å². The van der Waals surface area contributed by atoms with E-state index >= 15 is 0 Å². The summed E-state index contributed by atoms with van der Waals surface area (Å²) >= 11 is 0. The van der Waals surface area contributed by atoms with Gasteiger partial charge in [-0.3, -0.25) is 0 Å². The van der Waals surface area contributed by atoms with Crippen molar-refractivity contribution in [3.05, 3.63) is 29.6 Å². The van der Waals surface area contributed by atoms with Crippen LogP contribution in [0.4, 0.5) is 8.78 Å². The maximum atomic E-state index is 12.9. The molecule has 3 N–H and O–H groups in total. The molecule has 13 heavy (non-hydrogen) atoms. The number of aromatic nitrogens is 1. The van der Waals surface area contributed by atoms with Crippen LogP contribution < -0.4 is 5.73 Å². The number of hydrogen-bond donors (Lipinski definition) is 2. The van der Waals surface area contributed by atoms with Crippen molar-refractivity contribution in [2.75, 3.05) is 0 Å². The van der Waals surface area contributed by atoms with Crippen LogP contribution >= 0.6 is 0 Å². The van der Waals surface area contributed by atoms with Gasteiger partial charge in [0.1, 0.15) is 0 Å². The van der Waals surface area contributed by atoms with Crippen LogP contribution in [0.25, 0.3) is 0 Å². The minimum absolute atomic E-state index is 0.0106. The molecule has 1 rings (SSSR count). The van der Waals surface area contributed by atoms with E-state index in [1.807, 2.05) is 0 Å². The van der Waals surface area contributed by atoms with Gasteiger partial charge in [0.15, 0.2) is 0 Å². The zero-order valence-corrected chi connectivity index (χ0v) is 7.04. The Morgan fingerprint density at radius 2 is 2.08 bits per heavy atom. The van der Waals surface area contributed by atoms with Gasteiger partial charge in [0.2, 0.25) is 11.9 Å². The van der Waals surface area contributed by atoms with Crippen LogP contribution in [0.5, 0.6) is 0 Å². The number of halogens is 2. The molecular weight excluding hydrogens is 178 g/mol. The third-order valence-electron chi connectivity index (χ3n) is 1.72. The predicted molar refractivity (Wildman–Crippen MR) is 42.8 cm³/mol. The molecule has 1 heterocycles. The number of nitrogens with zero attached hydrogens (tertiary/aromatic N) is 1. The Balaban J connectivity index is 3.01. The molecule has 3 nitrogen and oxygen atoms in total. The van der Waals surface area contributed by atoms with Crippen LogP contribution in [0.1, 0.15) is 18.5 Å². The topological polar surface area (TPSA) is 59.1 Å². The first kappa shape index (κ1) is 10.0. The van der Waals surface area contributed by atoms with E-state index < -0.39 is 24.0 Å². The zero-order valence-electron chi connectivity index (χ0n) is 7.04. The molecule has 1 aromatic heterocycles. The molecular formula is C8H10F2N2O. The van der Waals surface area contributed by atoms with Gasteiger partial charge in [-0.1, -0.05) is 0 Å². The summed E-state index contributed by atoms with van der Waals surface area (Å²) in [5, 5.41) is 9.05. The molecule has 0 saturated heterocycles. The van der Waals surface area contributed by atoms with Crippen LogP contribution in [0.15, 0.2) is 12.1 Å². The molecule has 2 atom stereocenters. The van der Waals surface area contributed by atoms with E-state index in [-0.39, 0.29) is 5.56 Å². The average Bonchev–Trinajstić information content (AvgIpc) is 2.03. The highest BCUT2D eigenvalue weighted by atomic mass is 19.1. The van der Waals surface area contributed by atoms with Gasteiger partial charge < -0.3 is 10.8 Å². The van der Waals surface area contributed by atoms with Crippen molar-refractivity contribution in [2.45, 2.75) is 19.1 Å². The van der Waals surface area contributed by atoms with Crippen molar-refractivity contribution in [3.63, 3.8) is 0 Å². The predicted octanol–water partition coefficient (Wildman–Crippen LogP) is 0.740. The first-order valence-electron chi connectivity index (χ1n) is 3.78. The lowest BCUT2D eigenvalue weighted by atomic mass is 10.1. The quantitative estimate of drug-likeness (QED) is 0.673. The number of pyridine rings is 1. The number of nitrogens with two attached hydrogens (primary N) is 1. The van der Waals surface area contributed by atoms with E-state index in [0.29, 0.717) is 0 Å². The monoisotopic (exact) mass is 188 g/mol. The Labute approximate surface area is 74.2 Å². The Morgan fingerprint density at radius 3 is 2.54 bits per heavy atom. The molecule has 0 aliphatic carbocycles. The highest BCUT2D eigenvalue weighted by molar-refractivity contribution is 5.16. The molecule has 5 heteroatoms. The number of aliphatic hydroxyl groups is 1. The third kappa shape index (κ3) is 2.19. The van der Waals surface area contributed by atoms with E-state index in [2.05, 4.69) is 4.98 Å². The first-order chi connectivity index (χ1) is 6.02. The summed E-state index contributed by atoms with van der Waals surface area (Å²) in [4.78, 5) is 2.95. The van der Waals surface area contributed by atoms with E-state index in [1.165, 1.54) is 13.0 Å². The molecule has 0 aliphatic heterocycles. The molecule has 0 amide bonds. The fraction of sp³-hybridized carbons (Fsp3) is 0.375. The number of rotatable bonds is 2. The summed E-state index contributed by atoms with van der Waals surface area (Å²) in [5.41, 5.74) is 5.45. The Bertz CT molecular complexity index is 304. The fourth-order valence-corrected chi connectivity index (χ4v) is 0.931. The van der Waals surface area contributed by atoms with Crippen molar-refractivity contribution in [1.29, 1.82) is 0 Å². The van der Waals surface area contributed by atoms with Gasteiger partial charge in [0.25, 0.3) is 0 Å². The molecule has 0 spiro atoms. The lowest BCUT2D eigenvalue weighted by Crippen LogP contribution is -2.24. The number of aliphatic hydroxyl groups excluding tert-OH is 1. The minimum Gasteiger partial charge on any atom is -0.391 e. The second-order valence-electron chi connectivity index (χ2n) is 2.78. The van der Waals surface area contributed by atoms with Gasteiger partial charge in [-0.15, -0.1) is 0 Å². The van der Waals surface area contributed by atoms with Crippen LogP contribution in [0.3, 0.4) is 0 Å². The first-order valence-corrected chi connectivity index (χ1v) is 3.78. The van der Waals surface area contributed by atoms with Crippen molar-refractivity contribution in [3.8, 4) is 0 Å². The van der Waals surface area contributed by atoms with Gasteiger partial charge in [0.05, 0.1) is 12.1 Å². The molecule has 1 aromatic rings.